The van der Waals surface area contributed by atoms with Crippen LogP contribution >= 0.6 is 0 Å². The number of carbonyl (C=O) groups excluding carboxylic acids is 1. The van der Waals surface area contributed by atoms with Gasteiger partial charge in [-0.3, -0.25) is 9.63 Å². The van der Waals surface area contributed by atoms with Gasteiger partial charge in [-0.05, 0) is 5.56 Å². The van der Waals surface area contributed by atoms with E-state index < -0.39 is 12.0 Å². The summed E-state index contributed by atoms with van der Waals surface area (Å²) in [5.41, 5.74) is 3.26. The Kier molecular flexibility index (Phi) is 5.18. The number of aliphatic carboxylic acids is 1. The number of nitrogens with one attached hydrogen (secondary N) is 1. The normalized spacial score (nSPS) is 12.0. The number of rotatable bonds is 7. The van der Waals surface area contributed by atoms with Crippen LogP contribution < -0.4 is 5.48 Å². The van der Waals surface area contributed by atoms with E-state index in [4.69, 9.17) is 9.94 Å². The first-order valence-electron chi connectivity index (χ1n) is 4.81. The van der Waals surface area contributed by atoms with Crippen molar-refractivity contribution in [1.29, 1.82) is 0 Å². The molecular formula is C11H13NO4. The number of aldehydes is 1. The molecule has 0 saturated carbocycles. The molecule has 1 rings (SSSR count). The highest BCUT2D eigenvalue weighted by molar-refractivity contribution is 5.76. The molecule has 0 aliphatic heterocycles. The minimum Gasteiger partial charge on any atom is -0.480 e. The van der Waals surface area contributed by atoms with Gasteiger partial charge in [0.2, 0.25) is 0 Å². The van der Waals surface area contributed by atoms with Gasteiger partial charge in [0, 0.05) is 6.42 Å². The third kappa shape index (κ3) is 4.20. The van der Waals surface area contributed by atoms with Crippen molar-refractivity contribution in [2.75, 3.05) is 0 Å². The first-order chi connectivity index (χ1) is 7.74. The summed E-state index contributed by atoms with van der Waals surface area (Å²) in [5.74, 6) is -1.11. The smallest absolute Gasteiger partial charge is 0.323 e. The average molecular weight is 223 g/mol. The van der Waals surface area contributed by atoms with Gasteiger partial charge in [-0.15, -0.1) is 0 Å². The molecule has 1 aromatic rings. The zero-order valence-electron chi connectivity index (χ0n) is 8.63. The standard InChI is InChI=1S/C11H13NO4/c13-7-6-10(11(14)15)12-16-8-9-4-2-1-3-5-9/h1-5,7,10,12H,6,8H2,(H,14,15). The lowest BCUT2D eigenvalue weighted by Gasteiger charge is -2.11. The van der Waals surface area contributed by atoms with Crippen molar-refractivity contribution in [3.8, 4) is 0 Å². The molecule has 0 bridgehead atoms. The average Bonchev–Trinajstić information content (AvgIpc) is 2.29. The van der Waals surface area contributed by atoms with Gasteiger partial charge in [-0.1, -0.05) is 30.3 Å². The molecule has 0 radical (unpaired) electrons. The molecule has 2 N–H and O–H groups in total. The lowest BCUT2D eigenvalue weighted by molar-refractivity contribution is -0.145. The van der Waals surface area contributed by atoms with Crippen LogP contribution in [0.15, 0.2) is 30.3 Å². The second-order valence-corrected chi connectivity index (χ2v) is 3.19. The van der Waals surface area contributed by atoms with Gasteiger partial charge in [0.25, 0.3) is 0 Å². The Bertz CT molecular complexity index is 339. The number of carbonyl (C=O) groups is 2. The van der Waals surface area contributed by atoms with E-state index in [-0.39, 0.29) is 13.0 Å². The first-order valence-corrected chi connectivity index (χ1v) is 4.81. The molecule has 1 atom stereocenters. The van der Waals surface area contributed by atoms with Crippen molar-refractivity contribution in [2.45, 2.75) is 19.1 Å². The van der Waals surface area contributed by atoms with Gasteiger partial charge < -0.3 is 9.90 Å². The highest BCUT2D eigenvalue weighted by atomic mass is 16.6. The number of benzene rings is 1. The van der Waals surface area contributed by atoms with Crippen LogP contribution in [0.2, 0.25) is 0 Å². The van der Waals surface area contributed by atoms with Crippen molar-refractivity contribution in [2.24, 2.45) is 0 Å². The predicted octanol–water partition coefficient (Wildman–Crippen LogP) is 0.750. The molecule has 1 unspecified atom stereocenters. The van der Waals surface area contributed by atoms with Crippen LogP contribution in [0.5, 0.6) is 0 Å². The van der Waals surface area contributed by atoms with E-state index in [1.54, 1.807) is 0 Å². The van der Waals surface area contributed by atoms with Crippen LogP contribution in [0.1, 0.15) is 12.0 Å². The summed E-state index contributed by atoms with van der Waals surface area (Å²) in [6, 6.07) is 8.32. The number of hydroxylamine groups is 1. The number of carboxylic acids is 1. The number of hydrogen-bond acceptors (Lipinski definition) is 4. The zero-order chi connectivity index (χ0) is 11.8. The van der Waals surface area contributed by atoms with E-state index in [1.807, 2.05) is 30.3 Å². The lowest BCUT2D eigenvalue weighted by atomic mass is 10.2. The highest BCUT2D eigenvalue weighted by Crippen LogP contribution is 2.00. The van der Waals surface area contributed by atoms with Gasteiger partial charge in [0.05, 0.1) is 6.61 Å². The minimum absolute atomic E-state index is 0.121. The lowest BCUT2D eigenvalue weighted by Crippen LogP contribution is -2.36. The predicted molar refractivity (Wildman–Crippen MR) is 56.5 cm³/mol. The molecule has 5 nitrogen and oxygen atoms in total. The Balaban J connectivity index is 2.33. The molecule has 0 aliphatic carbocycles. The summed E-state index contributed by atoms with van der Waals surface area (Å²) < 4.78 is 0. The van der Waals surface area contributed by atoms with Crippen LogP contribution in [-0.4, -0.2) is 23.4 Å². The number of hydrogen-bond donors (Lipinski definition) is 2. The highest BCUT2D eigenvalue weighted by Gasteiger charge is 2.16. The Morgan fingerprint density at radius 2 is 2.12 bits per heavy atom. The molecule has 0 spiro atoms. The Morgan fingerprint density at radius 3 is 2.69 bits per heavy atom. The van der Waals surface area contributed by atoms with Crippen LogP contribution in [0.3, 0.4) is 0 Å². The summed E-state index contributed by atoms with van der Waals surface area (Å²) in [4.78, 5) is 25.8. The molecule has 0 fully saturated rings. The molecule has 86 valence electrons. The van der Waals surface area contributed by atoms with Crippen molar-refractivity contribution in [1.82, 2.24) is 5.48 Å². The summed E-state index contributed by atoms with van der Waals surface area (Å²) in [7, 11) is 0. The fraction of sp³-hybridized carbons (Fsp3) is 0.273. The van der Waals surface area contributed by atoms with Crippen molar-refractivity contribution >= 4 is 12.3 Å². The van der Waals surface area contributed by atoms with Gasteiger partial charge in [-0.2, -0.15) is 5.48 Å². The quantitative estimate of drug-likeness (QED) is 0.527. The summed E-state index contributed by atoms with van der Waals surface area (Å²) in [5, 5.41) is 8.70. The largest absolute Gasteiger partial charge is 0.480 e. The van der Waals surface area contributed by atoms with Gasteiger partial charge in [0.1, 0.15) is 12.3 Å². The van der Waals surface area contributed by atoms with E-state index in [9.17, 15) is 9.59 Å². The maximum atomic E-state index is 10.6. The summed E-state index contributed by atoms with van der Waals surface area (Å²) in [6.45, 7) is 0.253. The zero-order valence-corrected chi connectivity index (χ0v) is 8.63. The number of carboxylic acid groups (broad SMARTS) is 1. The van der Waals surface area contributed by atoms with Crippen molar-refractivity contribution in [3.05, 3.63) is 35.9 Å². The van der Waals surface area contributed by atoms with Gasteiger partial charge >= 0.3 is 5.97 Å². The van der Waals surface area contributed by atoms with E-state index in [0.717, 1.165) is 5.56 Å². The second kappa shape index (κ2) is 6.71. The van der Waals surface area contributed by atoms with E-state index in [0.29, 0.717) is 6.29 Å². The molecule has 0 saturated heterocycles. The fourth-order valence-electron chi connectivity index (χ4n) is 1.10. The van der Waals surface area contributed by atoms with Gasteiger partial charge in [-0.25, -0.2) is 0 Å². The monoisotopic (exact) mass is 223 g/mol. The Hall–Kier alpha value is -1.72. The second-order valence-electron chi connectivity index (χ2n) is 3.19. The summed E-state index contributed by atoms with van der Waals surface area (Å²) >= 11 is 0. The molecule has 1 aromatic carbocycles. The van der Waals surface area contributed by atoms with Crippen LogP contribution in [0, 0.1) is 0 Å². The molecule has 16 heavy (non-hydrogen) atoms. The third-order valence-electron chi connectivity index (χ3n) is 1.94. The maximum absolute atomic E-state index is 10.6. The molecule has 0 aromatic heterocycles. The molecule has 5 heteroatoms. The Labute approximate surface area is 93.0 Å². The van der Waals surface area contributed by atoms with Crippen LogP contribution in [-0.2, 0) is 21.0 Å². The molecular weight excluding hydrogens is 210 g/mol. The van der Waals surface area contributed by atoms with Crippen molar-refractivity contribution in [3.63, 3.8) is 0 Å². The molecule has 0 amide bonds. The molecule has 0 heterocycles. The van der Waals surface area contributed by atoms with Crippen LogP contribution in [0.25, 0.3) is 0 Å². The molecule has 0 aliphatic rings. The van der Waals surface area contributed by atoms with Crippen LogP contribution in [0.4, 0.5) is 0 Å². The topological polar surface area (TPSA) is 75.6 Å². The first kappa shape index (κ1) is 12.4. The van der Waals surface area contributed by atoms with Crippen molar-refractivity contribution < 1.29 is 19.5 Å². The fourth-order valence-corrected chi connectivity index (χ4v) is 1.10. The van der Waals surface area contributed by atoms with E-state index >= 15 is 0 Å². The van der Waals surface area contributed by atoms with Gasteiger partial charge in [0.15, 0.2) is 0 Å². The maximum Gasteiger partial charge on any atom is 0.323 e. The Morgan fingerprint density at radius 1 is 1.44 bits per heavy atom. The van der Waals surface area contributed by atoms with E-state index in [2.05, 4.69) is 5.48 Å². The third-order valence-corrected chi connectivity index (χ3v) is 1.94. The van der Waals surface area contributed by atoms with E-state index in [1.165, 1.54) is 0 Å². The summed E-state index contributed by atoms with van der Waals surface area (Å²) in [6.07, 6.45) is 0.418. The SMILES string of the molecule is O=CCC(NOCc1ccccc1)C(=O)O. The minimum atomic E-state index is -1.11.